The summed E-state index contributed by atoms with van der Waals surface area (Å²) in [6.45, 7) is 1.68. The quantitative estimate of drug-likeness (QED) is 0.371. The Labute approximate surface area is 202 Å². The van der Waals surface area contributed by atoms with E-state index in [-0.39, 0.29) is 16.5 Å². The number of ketones is 1. The number of carbonyl (C=O) groups excluding carboxylic acids is 2. The normalized spacial score (nSPS) is 15.8. The van der Waals surface area contributed by atoms with Gasteiger partial charge in [0.15, 0.2) is 16.7 Å². The standard InChI is InChI=1S/C25H19FN2O6S/c1-12-4-8-18(34-12)22(29)20-21(15-11-14(32-2)6-9-17(15)33-3)28(24(31)23(20)30)25-27-16-7-5-13(26)10-19(16)35-25/h4-11,21,30H,1-3H3. The van der Waals surface area contributed by atoms with E-state index in [1.807, 2.05) is 0 Å². The lowest BCUT2D eigenvalue weighted by molar-refractivity contribution is -0.117. The fraction of sp³-hybridized carbons (Fsp3) is 0.160. The topological polar surface area (TPSA) is 102 Å². The van der Waals surface area contributed by atoms with Crippen molar-refractivity contribution in [1.29, 1.82) is 0 Å². The molecule has 0 saturated carbocycles. The first-order valence-corrected chi connectivity index (χ1v) is 11.3. The van der Waals surface area contributed by atoms with E-state index in [4.69, 9.17) is 13.9 Å². The van der Waals surface area contributed by atoms with Gasteiger partial charge in [0, 0.05) is 5.56 Å². The second-order valence-electron chi connectivity index (χ2n) is 7.80. The van der Waals surface area contributed by atoms with Crippen molar-refractivity contribution < 1.29 is 33.0 Å². The zero-order valence-electron chi connectivity index (χ0n) is 18.9. The van der Waals surface area contributed by atoms with Crippen molar-refractivity contribution in [1.82, 2.24) is 4.98 Å². The van der Waals surface area contributed by atoms with E-state index in [9.17, 15) is 19.1 Å². The molecule has 1 aliphatic rings. The molecule has 0 spiro atoms. The molecule has 1 aliphatic heterocycles. The van der Waals surface area contributed by atoms with Crippen molar-refractivity contribution in [2.75, 3.05) is 19.1 Å². The van der Waals surface area contributed by atoms with E-state index < -0.39 is 29.3 Å². The average molecular weight is 495 g/mol. The SMILES string of the molecule is COc1ccc(OC)c(C2C(C(=O)c3ccc(C)o3)=C(O)C(=O)N2c2nc3ccc(F)cc3s2)c1. The molecule has 4 aromatic rings. The number of halogens is 1. The van der Waals surface area contributed by atoms with Crippen LogP contribution in [0.3, 0.4) is 0 Å². The van der Waals surface area contributed by atoms with Gasteiger partial charge in [0.05, 0.1) is 30.0 Å². The highest BCUT2D eigenvalue weighted by molar-refractivity contribution is 7.22. The van der Waals surface area contributed by atoms with Crippen LogP contribution in [0.2, 0.25) is 0 Å². The van der Waals surface area contributed by atoms with Crippen LogP contribution in [-0.2, 0) is 4.79 Å². The third kappa shape index (κ3) is 3.71. The molecule has 1 atom stereocenters. The Kier molecular flexibility index (Phi) is 5.52. The molecule has 1 amide bonds. The molecule has 0 fully saturated rings. The maximum Gasteiger partial charge on any atom is 0.296 e. The average Bonchev–Trinajstić information content (AvgIpc) is 3.54. The van der Waals surface area contributed by atoms with Crippen molar-refractivity contribution in [2.45, 2.75) is 13.0 Å². The number of aromatic nitrogens is 1. The van der Waals surface area contributed by atoms with Gasteiger partial charge in [0.25, 0.3) is 5.91 Å². The Morgan fingerprint density at radius 3 is 2.63 bits per heavy atom. The Bertz CT molecular complexity index is 1520. The second kappa shape index (κ2) is 8.55. The fourth-order valence-electron chi connectivity index (χ4n) is 4.06. The van der Waals surface area contributed by atoms with Crippen LogP contribution in [0.25, 0.3) is 10.2 Å². The molecule has 35 heavy (non-hydrogen) atoms. The van der Waals surface area contributed by atoms with Gasteiger partial charge in [-0.2, -0.15) is 0 Å². The molecule has 5 rings (SSSR count). The number of ether oxygens (including phenoxy) is 2. The van der Waals surface area contributed by atoms with Crippen LogP contribution in [0.1, 0.15) is 27.9 Å². The van der Waals surface area contributed by atoms with Gasteiger partial charge in [0.1, 0.15) is 29.1 Å². The lowest BCUT2D eigenvalue weighted by Crippen LogP contribution is -2.31. The molecule has 0 bridgehead atoms. The van der Waals surface area contributed by atoms with Gasteiger partial charge >= 0.3 is 0 Å². The number of benzene rings is 2. The Morgan fingerprint density at radius 2 is 1.94 bits per heavy atom. The summed E-state index contributed by atoms with van der Waals surface area (Å²) >= 11 is 1.06. The number of aliphatic hydroxyl groups is 1. The number of carbonyl (C=O) groups is 2. The number of thiazole rings is 1. The molecular formula is C25H19FN2O6S. The smallest absolute Gasteiger partial charge is 0.296 e. The van der Waals surface area contributed by atoms with Crippen LogP contribution in [-0.4, -0.2) is 36.0 Å². The number of methoxy groups -OCH3 is 2. The number of anilines is 1. The first-order chi connectivity index (χ1) is 16.8. The number of hydrogen-bond acceptors (Lipinski definition) is 8. The van der Waals surface area contributed by atoms with E-state index in [2.05, 4.69) is 4.98 Å². The Morgan fingerprint density at radius 1 is 1.14 bits per heavy atom. The first kappa shape index (κ1) is 22.6. The number of nitrogens with zero attached hydrogens (tertiary/aromatic N) is 2. The van der Waals surface area contributed by atoms with E-state index >= 15 is 0 Å². The zero-order chi connectivity index (χ0) is 24.9. The van der Waals surface area contributed by atoms with Crippen LogP contribution < -0.4 is 14.4 Å². The first-order valence-electron chi connectivity index (χ1n) is 10.5. The van der Waals surface area contributed by atoms with Crippen molar-refractivity contribution in [2.24, 2.45) is 0 Å². The van der Waals surface area contributed by atoms with E-state index in [1.165, 1.54) is 43.4 Å². The number of aliphatic hydroxyl groups excluding tert-OH is 1. The van der Waals surface area contributed by atoms with Crippen molar-refractivity contribution in [3.63, 3.8) is 0 Å². The van der Waals surface area contributed by atoms with Gasteiger partial charge in [-0.05, 0) is 55.5 Å². The van der Waals surface area contributed by atoms with Crippen LogP contribution in [0.5, 0.6) is 11.5 Å². The highest BCUT2D eigenvalue weighted by Gasteiger charge is 2.47. The lowest BCUT2D eigenvalue weighted by atomic mass is 9.94. The van der Waals surface area contributed by atoms with Crippen molar-refractivity contribution in [3.05, 3.63) is 82.8 Å². The zero-order valence-corrected chi connectivity index (χ0v) is 19.7. The predicted molar refractivity (Wildman–Crippen MR) is 127 cm³/mol. The highest BCUT2D eigenvalue weighted by Crippen LogP contribution is 2.47. The van der Waals surface area contributed by atoms with Gasteiger partial charge in [0.2, 0.25) is 5.78 Å². The molecule has 3 heterocycles. The molecule has 8 nitrogen and oxygen atoms in total. The number of amides is 1. The van der Waals surface area contributed by atoms with Gasteiger partial charge in [-0.3, -0.25) is 14.5 Å². The number of furan rings is 1. The largest absolute Gasteiger partial charge is 0.503 e. The fourth-order valence-corrected chi connectivity index (χ4v) is 5.08. The molecule has 2 aromatic carbocycles. The maximum absolute atomic E-state index is 13.8. The minimum absolute atomic E-state index is 0.0306. The second-order valence-corrected chi connectivity index (χ2v) is 8.80. The lowest BCUT2D eigenvalue weighted by Gasteiger charge is -2.26. The molecule has 0 aliphatic carbocycles. The molecule has 0 radical (unpaired) electrons. The summed E-state index contributed by atoms with van der Waals surface area (Å²) in [6, 6.07) is 11.0. The number of rotatable bonds is 6. The van der Waals surface area contributed by atoms with E-state index in [1.54, 1.807) is 31.2 Å². The number of hydrogen-bond donors (Lipinski definition) is 1. The minimum Gasteiger partial charge on any atom is -0.503 e. The van der Waals surface area contributed by atoms with Crippen molar-refractivity contribution >= 4 is 38.4 Å². The van der Waals surface area contributed by atoms with Crippen LogP contribution in [0.4, 0.5) is 9.52 Å². The van der Waals surface area contributed by atoms with Crippen LogP contribution in [0, 0.1) is 12.7 Å². The molecule has 2 aromatic heterocycles. The Hall–Kier alpha value is -4.18. The summed E-state index contributed by atoms with van der Waals surface area (Å²) in [5, 5.41) is 11.1. The molecule has 1 N–H and O–H groups in total. The Balaban J connectivity index is 1.74. The molecule has 178 valence electrons. The molecule has 1 unspecified atom stereocenters. The maximum atomic E-state index is 13.8. The third-order valence-corrected chi connectivity index (χ3v) is 6.71. The third-order valence-electron chi connectivity index (χ3n) is 5.69. The van der Waals surface area contributed by atoms with Crippen LogP contribution >= 0.6 is 11.3 Å². The number of Topliss-reactive ketones (excluding diaryl/α,β-unsaturated/α-hetero) is 1. The summed E-state index contributed by atoms with van der Waals surface area (Å²) in [5.74, 6) is -1.39. The molecule has 0 saturated heterocycles. The summed E-state index contributed by atoms with van der Waals surface area (Å²) in [5.41, 5.74) is 0.666. The summed E-state index contributed by atoms with van der Waals surface area (Å²) in [6.07, 6.45) is 0. The monoisotopic (exact) mass is 494 g/mol. The van der Waals surface area contributed by atoms with Gasteiger partial charge < -0.3 is 19.0 Å². The predicted octanol–water partition coefficient (Wildman–Crippen LogP) is 5.14. The highest BCUT2D eigenvalue weighted by atomic mass is 32.1. The molecular weight excluding hydrogens is 475 g/mol. The molecule has 10 heteroatoms. The summed E-state index contributed by atoms with van der Waals surface area (Å²) in [7, 11) is 2.93. The number of fused-ring (bicyclic) bond motifs is 1. The van der Waals surface area contributed by atoms with E-state index in [0.29, 0.717) is 33.0 Å². The summed E-state index contributed by atoms with van der Waals surface area (Å²) in [4.78, 5) is 32.6. The number of aryl methyl sites for hydroxylation is 1. The minimum atomic E-state index is -1.11. The van der Waals surface area contributed by atoms with Crippen molar-refractivity contribution in [3.8, 4) is 11.5 Å². The van der Waals surface area contributed by atoms with Crippen LogP contribution in [0.15, 0.2) is 64.3 Å². The van der Waals surface area contributed by atoms with E-state index in [0.717, 1.165) is 11.3 Å². The van der Waals surface area contributed by atoms with Gasteiger partial charge in [-0.1, -0.05) is 11.3 Å². The summed E-state index contributed by atoms with van der Waals surface area (Å²) < 4.78 is 30.7. The van der Waals surface area contributed by atoms with Gasteiger partial charge in [-0.15, -0.1) is 0 Å². The van der Waals surface area contributed by atoms with Gasteiger partial charge in [-0.25, -0.2) is 9.37 Å².